The second-order valence-electron chi connectivity index (χ2n) is 5.56. The number of hydrogen-bond donors (Lipinski definition) is 0. The molecule has 7 heteroatoms. The SMILES string of the molecule is CCOC(=O)c1c(Cl)cc(-c2c(F)cccc2OC)n(C(C)C)c1=O. The van der Waals surface area contributed by atoms with Gasteiger partial charge < -0.3 is 14.0 Å². The van der Waals surface area contributed by atoms with Crippen LogP contribution < -0.4 is 10.3 Å². The van der Waals surface area contributed by atoms with Crippen molar-refractivity contribution in [1.82, 2.24) is 4.57 Å². The average Bonchev–Trinajstić information content (AvgIpc) is 2.53. The third-order valence-corrected chi connectivity index (χ3v) is 3.94. The molecule has 0 fully saturated rings. The van der Waals surface area contributed by atoms with Gasteiger partial charge in [-0.3, -0.25) is 4.79 Å². The Hall–Kier alpha value is -2.34. The van der Waals surface area contributed by atoms with Gasteiger partial charge in [0.15, 0.2) is 0 Å². The molecule has 134 valence electrons. The van der Waals surface area contributed by atoms with Gasteiger partial charge in [0, 0.05) is 6.04 Å². The van der Waals surface area contributed by atoms with Crippen molar-refractivity contribution in [3.63, 3.8) is 0 Å². The average molecular weight is 368 g/mol. The lowest BCUT2D eigenvalue weighted by molar-refractivity contribution is 0.0523. The molecule has 0 bridgehead atoms. The lowest BCUT2D eigenvalue weighted by Gasteiger charge is -2.20. The summed E-state index contributed by atoms with van der Waals surface area (Å²) in [6, 6.07) is 5.39. The van der Waals surface area contributed by atoms with Crippen LogP contribution in [0.4, 0.5) is 4.39 Å². The van der Waals surface area contributed by atoms with Crippen molar-refractivity contribution in [2.24, 2.45) is 0 Å². The number of ether oxygens (including phenoxy) is 2. The first-order valence-electron chi connectivity index (χ1n) is 7.78. The summed E-state index contributed by atoms with van der Waals surface area (Å²) in [7, 11) is 1.41. The molecule has 1 aromatic heterocycles. The fraction of sp³-hybridized carbons (Fsp3) is 0.333. The van der Waals surface area contributed by atoms with Gasteiger partial charge in [0.1, 0.15) is 17.1 Å². The molecule has 0 radical (unpaired) electrons. The number of halogens is 2. The van der Waals surface area contributed by atoms with Crippen LogP contribution in [0, 0.1) is 5.82 Å². The number of nitrogens with zero attached hydrogens (tertiary/aromatic N) is 1. The third-order valence-electron chi connectivity index (χ3n) is 3.64. The van der Waals surface area contributed by atoms with Crippen molar-refractivity contribution < 1.29 is 18.7 Å². The van der Waals surface area contributed by atoms with E-state index in [0.29, 0.717) is 0 Å². The van der Waals surface area contributed by atoms with Crippen LogP contribution >= 0.6 is 11.6 Å². The van der Waals surface area contributed by atoms with Crippen LogP contribution in [0.15, 0.2) is 29.1 Å². The summed E-state index contributed by atoms with van der Waals surface area (Å²) in [6.45, 7) is 5.24. The first-order valence-corrected chi connectivity index (χ1v) is 8.16. The van der Waals surface area contributed by atoms with E-state index in [1.54, 1.807) is 26.8 Å². The number of hydrogen-bond acceptors (Lipinski definition) is 4. The zero-order valence-corrected chi connectivity index (χ0v) is 15.2. The largest absolute Gasteiger partial charge is 0.496 e. The number of esters is 1. The van der Waals surface area contributed by atoms with E-state index in [-0.39, 0.29) is 40.2 Å². The molecular formula is C18H19ClFNO4. The molecule has 0 saturated carbocycles. The second-order valence-corrected chi connectivity index (χ2v) is 5.97. The molecule has 1 aromatic carbocycles. The molecule has 0 aliphatic heterocycles. The van der Waals surface area contributed by atoms with E-state index >= 15 is 0 Å². The Balaban J connectivity index is 2.86. The lowest BCUT2D eigenvalue weighted by atomic mass is 10.1. The standard InChI is InChI=1S/C18H19ClFNO4/c1-5-25-18(23)15-11(19)9-13(21(10(2)3)17(15)22)16-12(20)7-6-8-14(16)24-4/h6-10H,5H2,1-4H3. The Morgan fingerprint density at radius 3 is 2.60 bits per heavy atom. The summed E-state index contributed by atoms with van der Waals surface area (Å²) in [5, 5.41) is -0.0966. The highest BCUT2D eigenvalue weighted by Gasteiger charge is 2.25. The second kappa shape index (κ2) is 7.70. The summed E-state index contributed by atoms with van der Waals surface area (Å²) in [4.78, 5) is 24.9. The van der Waals surface area contributed by atoms with Crippen molar-refractivity contribution in [1.29, 1.82) is 0 Å². The Morgan fingerprint density at radius 1 is 1.36 bits per heavy atom. The minimum absolute atomic E-state index is 0.0966. The van der Waals surface area contributed by atoms with E-state index in [1.165, 1.54) is 29.9 Å². The van der Waals surface area contributed by atoms with Crippen LogP contribution in [-0.4, -0.2) is 24.3 Å². The van der Waals surface area contributed by atoms with Crippen LogP contribution in [-0.2, 0) is 4.74 Å². The van der Waals surface area contributed by atoms with Crippen molar-refractivity contribution in [2.75, 3.05) is 13.7 Å². The Labute approximate surface area is 149 Å². The molecule has 2 rings (SSSR count). The highest BCUT2D eigenvalue weighted by atomic mass is 35.5. The van der Waals surface area contributed by atoms with E-state index in [0.717, 1.165) is 0 Å². The molecule has 0 saturated heterocycles. The summed E-state index contributed by atoms with van der Waals surface area (Å²) in [5.74, 6) is -1.11. The van der Waals surface area contributed by atoms with E-state index in [4.69, 9.17) is 21.1 Å². The molecule has 0 spiro atoms. The summed E-state index contributed by atoms with van der Waals surface area (Å²) in [5.41, 5.74) is -0.571. The molecule has 0 aliphatic carbocycles. The van der Waals surface area contributed by atoms with Crippen LogP contribution in [0.5, 0.6) is 5.75 Å². The normalized spacial score (nSPS) is 10.8. The van der Waals surface area contributed by atoms with Crippen molar-refractivity contribution in [3.8, 4) is 17.0 Å². The zero-order valence-electron chi connectivity index (χ0n) is 14.4. The predicted octanol–water partition coefficient (Wildman–Crippen LogP) is 4.07. The monoisotopic (exact) mass is 367 g/mol. The number of carbonyl (C=O) groups excluding carboxylic acids is 1. The van der Waals surface area contributed by atoms with Gasteiger partial charge in [-0.25, -0.2) is 9.18 Å². The van der Waals surface area contributed by atoms with Gasteiger partial charge in [0.05, 0.1) is 30.0 Å². The van der Waals surface area contributed by atoms with Gasteiger partial charge in [-0.1, -0.05) is 17.7 Å². The van der Waals surface area contributed by atoms with Crippen LogP contribution in [0.25, 0.3) is 11.3 Å². The van der Waals surface area contributed by atoms with E-state index in [2.05, 4.69) is 0 Å². The minimum atomic E-state index is -0.807. The summed E-state index contributed by atoms with van der Waals surface area (Å²) >= 11 is 6.16. The van der Waals surface area contributed by atoms with Crippen LogP contribution in [0.2, 0.25) is 5.02 Å². The minimum Gasteiger partial charge on any atom is -0.496 e. The quantitative estimate of drug-likeness (QED) is 0.747. The fourth-order valence-corrected chi connectivity index (χ4v) is 2.87. The lowest BCUT2D eigenvalue weighted by Crippen LogP contribution is -2.30. The van der Waals surface area contributed by atoms with E-state index in [9.17, 15) is 14.0 Å². The zero-order chi connectivity index (χ0) is 18.7. The molecule has 0 aliphatic rings. The number of methoxy groups -OCH3 is 1. The summed E-state index contributed by atoms with van der Waals surface area (Å²) in [6.07, 6.45) is 0. The first-order chi connectivity index (χ1) is 11.8. The van der Waals surface area contributed by atoms with Gasteiger partial charge in [-0.15, -0.1) is 0 Å². The van der Waals surface area contributed by atoms with Crippen molar-refractivity contribution in [2.45, 2.75) is 26.8 Å². The number of pyridine rings is 1. The van der Waals surface area contributed by atoms with Crippen molar-refractivity contribution in [3.05, 3.63) is 51.0 Å². The number of rotatable bonds is 5. The first kappa shape index (κ1) is 19.0. The number of carbonyl (C=O) groups is 1. The smallest absolute Gasteiger partial charge is 0.345 e. The van der Waals surface area contributed by atoms with E-state index < -0.39 is 17.3 Å². The third kappa shape index (κ3) is 3.54. The van der Waals surface area contributed by atoms with Gasteiger partial charge in [-0.05, 0) is 39.0 Å². The van der Waals surface area contributed by atoms with Gasteiger partial charge in [-0.2, -0.15) is 0 Å². The van der Waals surface area contributed by atoms with Crippen LogP contribution in [0.3, 0.4) is 0 Å². The fourth-order valence-electron chi connectivity index (χ4n) is 2.61. The molecule has 25 heavy (non-hydrogen) atoms. The Kier molecular flexibility index (Phi) is 5.85. The molecule has 0 unspecified atom stereocenters. The number of benzene rings is 1. The maximum absolute atomic E-state index is 14.5. The Bertz CT molecular complexity index is 861. The molecule has 0 atom stereocenters. The molecule has 1 heterocycles. The van der Waals surface area contributed by atoms with Gasteiger partial charge in [0.2, 0.25) is 0 Å². The van der Waals surface area contributed by atoms with Gasteiger partial charge >= 0.3 is 5.97 Å². The van der Waals surface area contributed by atoms with Gasteiger partial charge in [0.25, 0.3) is 5.56 Å². The summed E-state index contributed by atoms with van der Waals surface area (Å²) < 4.78 is 25.9. The number of aromatic nitrogens is 1. The highest BCUT2D eigenvalue weighted by Crippen LogP contribution is 2.35. The topological polar surface area (TPSA) is 57.5 Å². The molecule has 0 N–H and O–H groups in total. The molecular weight excluding hydrogens is 349 g/mol. The molecule has 2 aromatic rings. The molecule has 5 nitrogen and oxygen atoms in total. The van der Waals surface area contributed by atoms with Crippen molar-refractivity contribution >= 4 is 17.6 Å². The van der Waals surface area contributed by atoms with Crippen LogP contribution in [0.1, 0.15) is 37.2 Å². The maximum atomic E-state index is 14.5. The van der Waals surface area contributed by atoms with E-state index in [1.807, 2.05) is 0 Å². The highest BCUT2D eigenvalue weighted by molar-refractivity contribution is 6.33. The molecule has 0 amide bonds. The maximum Gasteiger partial charge on any atom is 0.345 e. The Morgan fingerprint density at radius 2 is 2.04 bits per heavy atom. The predicted molar refractivity (Wildman–Crippen MR) is 94.0 cm³/mol.